The predicted octanol–water partition coefficient (Wildman–Crippen LogP) is 0.754. The minimum atomic E-state index is -1.33. The molecule has 8 amide bonds. The molecule has 10 atom stereocenters. The van der Waals surface area contributed by atoms with Crippen LogP contribution >= 0.6 is 0 Å². The van der Waals surface area contributed by atoms with E-state index in [9.17, 15) is 48.3 Å². The molecule has 0 saturated carbocycles. The molecule has 2 saturated heterocycles. The van der Waals surface area contributed by atoms with Crippen molar-refractivity contribution in [2.24, 2.45) is 23.5 Å². The van der Waals surface area contributed by atoms with Gasteiger partial charge in [0.1, 0.15) is 42.3 Å². The average molecular weight is 1100 g/mol. The minimum Gasteiger partial charge on any atom is -0.391 e. The van der Waals surface area contributed by atoms with E-state index in [0.29, 0.717) is 37.8 Å². The molecule has 0 spiro atoms. The summed E-state index contributed by atoms with van der Waals surface area (Å²) < 4.78 is 0. The third-order valence-corrected chi connectivity index (χ3v) is 14.5. The van der Waals surface area contributed by atoms with Crippen molar-refractivity contribution < 1.29 is 48.3 Å². The molecule has 3 aromatic rings. The van der Waals surface area contributed by atoms with E-state index in [0.717, 1.165) is 17.3 Å². The van der Waals surface area contributed by atoms with E-state index in [1.165, 1.54) is 11.8 Å². The van der Waals surface area contributed by atoms with Gasteiger partial charge in [0.2, 0.25) is 47.3 Å². The number of nitrogens with two attached hydrogens (primary N) is 1. The highest BCUT2D eigenvalue weighted by atomic mass is 16.3. The molecule has 23 heteroatoms. The molecule has 23 nitrogen and oxygen atoms in total. The Balaban J connectivity index is 1.27. The Morgan fingerprint density at radius 3 is 2.01 bits per heavy atom. The number of Topliss-reactive ketones (excluding diaryl/α,β-unsaturated/α-hetero) is 1. The molecule has 1 aromatic heterocycles. The lowest BCUT2D eigenvalue weighted by Crippen LogP contribution is -2.60. The number of H-pyrrole nitrogens is 1. The summed E-state index contributed by atoms with van der Waals surface area (Å²) in [7, 11) is 0. The number of rotatable bonds is 29. The van der Waals surface area contributed by atoms with E-state index in [1.807, 2.05) is 45.0 Å². The maximum absolute atomic E-state index is 14.5. The number of carbonyl (C=O) groups is 9. The molecule has 14 N–H and O–H groups in total. The first kappa shape index (κ1) is 62.4. The molecule has 2 fully saturated rings. The summed E-state index contributed by atoms with van der Waals surface area (Å²) in [6, 6.07) is 7.05. The summed E-state index contributed by atoms with van der Waals surface area (Å²) in [4.78, 5) is 130. The Labute approximate surface area is 462 Å². The summed E-state index contributed by atoms with van der Waals surface area (Å²) in [6.07, 6.45) is 3.67. The third-order valence-electron chi connectivity index (χ3n) is 14.5. The van der Waals surface area contributed by atoms with E-state index in [1.54, 1.807) is 57.3 Å². The number of hydrogen-bond donors (Lipinski definition) is 13. The zero-order valence-corrected chi connectivity index (χ0v) is 46.5. The van der Waals surface area contributed by atoms with Crippen molar-refractivity contribution in [3.63, 3.8) is 0 Å². The van der Waals surface area contributed by atoms with Crippen molar-refractivity contribution in [3.8, 4) is 0 Å². The summed E-state index contributed by atoms with van der Waals surface area (Å²) in [5.41, 5.74) is 7.18. The van der Waals surface area contributed by atoms with Gasteiger partial charge in [0.25, 0.3) is 0 Å². The maximum Gasteiger partial charge on any atom is 0.243 e. The number of nitrogens with zero attached hydrogens (tertiary/aromatic N) is 1. The van der Waals surface area contributed by atoms with Gasteiger partial charge in [-0.2, -0.15) is 0 Å². The first-order valence-electron chi connectivity index (χ1n) is 27.6. The number of aliphatic hydroxyl groups excluding tert-OH is 1. The molecule has 0 radical (unpaired) electrons. The largest absolute Gasteiger partial charge is 0.391 e. The third kappa shape index (κ3) is 18.1. The summed E-state index contributed by atoms with van der Waals surface area (Å²) >= 11 is 0. The lowest BCUT2D eigenvalue weighted by atomic mass is 9.95. The number of aromatic nitrogens is 1. The smallest absolute Gasteiger partial charge is 0.243 e. The molecule has 5 rings (SSSR count). The van der Waals surface area contributed by atoms with Crippen LogP contribution in [-0.4, -0.2) is 155 Å². The van der Waals surface area contributed by atoms with Crippen molar-refractivity contribution in [2.75, 3.05) is 26.2 Å². The van der Waals surface area contributed by atoms with Gasteiger partial charge >= 0.3 is 0 Å². The topological polar surface area (TPSA) is 351 Å². The highest BCUT2D eigenvalue weighted by Gasteiger charge is 2.39. The summed E-state index contributed by atoms with van der Waals surface area (Å²) in [6.45, 7) is 12.7. The van der Waals surface area contributed by atoms with Crippen LogP contribution in [0.2, 0.25) is 0 Å². The molecule has 0 bridgehead atoms. The van der Waals surface area contributed by atoms with Crippen LogP contribution < -0.4 is 53.6 Å². The number of benzene rings is 2. The van der Waals surface area contributed by atoms with Gasteiger partial charge in [-0.05, 0) is 87.8 Å². The normalized spacial score (nSPS) is 18.2. The highest BCUT2D eigenvalue weighted by Crippen LogP contribution is 2.22. The number of ketones is 1. The van der Waals surface area contributed by atoms with Gasteiger partial charge in [0, 0.05) is 42.2 Å². The van der Waals surface area contributed by atoms with Crippen LogP contribution in [-0.2, 0) is 44.8 Å². The second kappa shape index (κ2) is 30.1. The highest BCUT2D eigenvalue weighted by molar-refractivity contribution is 6.03. The van der Waals surface area contributed by atoms with Crippen LogP contribution in [0.5, 0.6) is 0 Å². The summed E-state index contributed by atoms with van der Waals surface area (Å²) in [5.74, 6) is -6.70. The van der Waals surface area contributed by atoms with Crippen molar-refractivity contribution in [3.05, 3.63) is 71.9 Å². The molecular formula is C56H83N13O10. The number of amides is 8. The van der Waals surface area contributed by atoms with Crippen molar-refractivity contribution in [1.29, 1.82) is 5.41 Å². The van der Waals surface area contributed by atoms with Crippen LogP contribution in [0.4, 0.5) is 0 Å². The molecule has 2 aliphatic rings. The zero-order valence-electron chi connectivity index (χ0n) is 46.5. The Morgan fingerprint density at radius 1 is 0.722 bits per heavy atom. The number of aromatic amines is 1. The van der Waals surface area contributed by atoms with Crippen LogP contribution in [0.1, 0.15) is 116 Å². The Morgan fingerprint density at radius 2 is 1.37 bits per heavy atom. The van der Waals surface area contributed by atoms with Crippen molar-refractivity contribution in [1.82, 2.24) is 57.7 Å². The van der Waals surface area contributed by atoms with Gasteiger partial charge in [0.15, 0.2) is 11.7 Å². The van der Waals surface area contributed by atoms with E-state index in [-0.39, 0.29) is 62.1 Å². The van der Waals surface area contributed by atoms with Gasteiger partial charge in [-0.3, -0.25) is 48.6 Å². The second-order valence-corrected chi connectivity index (χ2v) is 21.5. The maximum atomic E-state index is 14.5. The van der Waals surface area contributed by atoms with Crippen LogP contribution in [0.15, 0.2) is 60.8 Å². The number of likely N-dealkylation sites (tertiary alicyclic amines) is 1. The quantitative estimate of drug-likeness (QED) is 0.0198. The van der Waals surface area contributed by atoms with E-state index < -0.39 is 120 Å². The Kier molecular flexibility index (Phi) is 23.8. The number of aliphatic hydroxyl groups is 1. The fraction of sp³-hybridized carbons (Fsp3) is 0.571. The molecule has 432 valence electrons. The molecule has 2 aromatic carbocycles. The minimum absolute atomic E-state index is 0.0184. The predicted molar refractivity (Wildman–Crippen MR) is 298 cm³/mol. The first-order valence-corrected chi connectivity index (χ1v) is 27.6. The fourth-order valence-corrected chi connectivity index (χ4v) is 9.84. The number of hydrogen-bond acceptors (Lipinski definition) is 12. The van der Waals surface area contributed by atoms with Gasteiger partial charge in [-0.15, -0.1) is 0 Å². The van der Waals surface area contributed by atoms with Crippen molar-refractivity contribution >= 4 is 69.9 Å². The van der Waals surface area contributed by atoms with Gasteiger partial charge in [0.05, 0.1) is 18.7 Å². The second-order valence-electron chi connectivity index (χ2n) is 21.5. The Bertz CT molecular complexity index is 2600. The zero-order chi connectivity index (χ0) is 57.9. The number of nitrogens with one attached hydrogen (secondary N) is 11. The molecule has 2 aliphatic heterocycles. The van der Waals surface area contributed by atoms with E-state index in [2.05, 4.69) is 52.8 Å². The van der Waals surface area contributed by atoms with Gasteiger partial charge in [-0.25, -0.2) is 0 Å². The standard InChI is InChI=1S/C56H83N13O10/c1-8-33(6)46(55(79)68-47(34(7)70)48(72)35-17-10-9-11-18-35)67-52(76)42(28-36-29-61-38-20-13-12-19-37(36)38)64-53(77)43-23-16-26-69(43)44(71)30-62-49(73)41(27-31(2)3)65-54(78)45(32(4)5)66-51(75)40(22-15-25-60-56(57)58)63-50(74)39-21-14-24-59-39/h9-13,17-20,29,31-34,39-43,45-47,59,61,70H,8,14-16,21-28,30H2,1-7H3,(H,62,73)(H,63,74)(H,64,77)(H,65,78)(H,66,75)(H,67,76)(H,68,79)(H4,57,58,60)/t33-,34+,39-,40-,41-,42-,43-,45-,46-,47-/m0/s1. The molecule has 0 unspecified atom stereocenters. The lowest BCUT2D eigenvalue weighted by molar-refractivity contribution is -0.140. The molecular weight excluding hydrogens is 1010 g/mol. The molecule has 79 heavy (non-hydrogen) atoms. The van der Waals surface area contributed by atoms with Gasteiger partial charge < -0.3 is 68.6 Å². The SMILES string of the molecule is CC[C@H](C)[C@H](NC(=O)[C@H](Cc1c[nH]c2ccccc12)NC(=O)[C@@H]1CCCN1C(=O)CNC(=O)[C@H](CC(C)C)NC(=O)[C@@H](NC(=O)[C@H](CCCNC(=N)N)NC(=O)[C@@H]1CCCN1)C(C)C)C(=O)N[C@H](C(=O)c1ccccc1)[C@@H](C)O. The monoisotopic (exact) mass is 1100 g/mol. The van der Waals surface area contributed by atoms with Crippen LogP contribution in [0.3, 0.4) is 0 Å². The number of carbonyl (C=O) groups excluding carboxylic acids is 9. The molecule has 0 aliphatic carbocycles. The van der Waals surface area contributed by atoms with E-state index >= 15 is 0 Å². The number of fused-ring (bicyclic) bond motifs is 1. The number of para-hydroxylation sites is 1. The van der Waals surface area contributed by atoms with Crippen LogP contribution in [0, 0.1) is 23.2 Å². The van der Waals surface area contributed by atoms with Gasteiger partial charge in [-0.1, -0.05) is 96.5 Å². The average Bonchev–Trinajstić information content (AvgIpc) is 4.23. The van der Waals surface area contributed by atoms with Crippen molar-refractivity contribution in [2.45, 2.75) is 161 Å². The lowest BCUT2D eigenvalue weighted by Gasteiger charge is -2.30. The first-order chi connectivity index (χ1) is 37.6. The van der Waals surface area contributed by atoms with E-state index in [4.69, 9.17) is 11.1 Å². The Hall–Kier alpha value is -7.40. The fourth-order valence-electron chi connectivity index (χ4n) is 9.84. The molecule has 3 heterocycles. The van der Waals surface area contributed by atoms with Crippen LogP contribution in [0.25, 0.3) is 10.9 Å². The number of guanidine groups is 1. The summed E-state index contributed by atoms with van der Waals surface area (Å²) in [5, 5.41) is 44.0.